The maximum Gasteiger partial charge on any atom is 0.320 e. The van der Waals surface area contributed by atoms with Crippen LogP contribution < -0.4 is 21.6 Å². The molecule has 0 saturated heterocycles. The molecule has 0 aliphatic rings. The largest absolute Gasteiger partial charge is 0.480 e. The van der Waals surface area contributed by atoms with Crippen LogP contribution in [-0.2, 0) is 11.2 Å². The Morgan fingerprint density at radius 2 is 1.09 bits per heavy atom. The standard InChI is InChI=1S/C22H25P.C9H11NO2/c1-2-3-19-23(20-13-7-4-8-14-20,21-15-9-5-10-16-21)22-17-11-6-12-18-22;10-8(9(11)12)6-7-4-2-1-3-5-7/h4-18,23H,2-3,19H2,1H3;1-5,8H,6,10H2,(H,11,12). The number of unbranched alkanes of at least 4 members (excludes halogenated alkanes) is 1. The number of carboxylic acids is 1. The van der Waals surface area contributed by atoms with E-state index < -0.39 is 19.3 Å². The first-order chi connectivity index (χ1) is 17.1. The predicted octanol–water partition coefficient (Wildman–Crippen LogP) is 5.15. The quantitative estimate of drug-likeness (QED) is 0.322. The Hall–Kier alpha value is -3.26. The number of aliphatic carboxylic acids is 1. The van der Waals surface area contributed by atoms with Crippen molar-refractivity contribution in [1.29, 1.82) is 0 Å². The number of rotatable bonds is 9. The van der Waals surface area contributed by atoms with Crippen molar-refractivity contribution in [3.8, 4) is 0 Å². The summed E-state index contributed by atoms with van der Waals surface area (Å²) in [7, 11) is -1.94. The summed E-state index contributed by atoms with van der Waals surface area (Å²) in [5, 5.41) is 13.1. The van der Waals surface area contributed by atoms with Gasteiger partial charge in [0.2, 0.25) is 0 Å². The summed E-state index contributed by atoms with van der Waals surface area (Å²) in [5.41, 5.74) is 6.30. The van der Waals surface area contributed by atoms with Crippen LogP contribution >= 0.6 is 7.26 Å². The van der Waals surface area contributed by atoms with Crippen LogP contribution in [0.25, 0.3) is 0 Å². The van der Waals surface area contributed by atoms with Crippen LogP contribution in [0, 0.1) is 0 Å². The molecule has 0 spiro atoms. The van der Waals surface area contributed by atoms with Crippen molar-refractivity contribution in [3.05, 3.63) is 127 Å². The van der Waals surface area contributed by atoms with Gasteiger partial charge in [0.05, 0.1) is 0 Å². The van der Waals surface area contributed by atoms with Gasteiger partial charge in [0.15, 0.2) is 0 Å². The fraction of sp³-hybridized carbons (Fsp3) is 0.194. The summed E-state index contributed by atoms with van der Waals surface area (Å²) in [6, 6.07) is 42.1. The van der Waals surface area contributed by atoms with Crippen LogP contribution in [0.3, 0.4) is 0 Å². The van der Waals surface area contributed by atoms with Crippen molar-refractivity contribution in [3.63, 3.8) is 0 Å². The molecule has 0 aromatic heterocycles. The van der Waals surface area contributed by atoms with E-state index in [1.54, 1.807) is 0 Å². The second-order valence-corrected chi connectivity index (χ2v) is 12.8. The summed E-state index contributed by atoms with van der Waals surface area (Å²) in [4.78, 5) is 10.4. The number of carboxylic acid groups (broad SMARTS) is 1. The molecule has 0 aliphatic heterocycles. The first kappa shape index (κ1) is 26.3. The Labute approximate surface area is 210 Å². The van der Waals surface area contributed by atoms with Crippen LogP contribution in [0.5, 0.6) is 0 Å². The molecule has 1 unspecified atom stereocenters. The predicted molar refractivity (Wildman–Crippen MR) is 152 cm³/mol. The molecule has 4 aromatic carbocycles. The molecule has 3 N–H and O–H groups in total. The zero-order valence-electron chi connectivity index (χ0n) is 20.4. The van der Waals surface area contributed by atoms with Crippen LogP contribution in [0.1, 0.15) is 25.3 Å². The maximum atomic E-state index is 10.4. The summed E-state index contributed by atoms with van der Waals surface area (Å²) in [6.45, 7) is 2.29. The Bertz CT molecular complexity index is 1040. The second-order valence-electron chi connectivity index (χ2n) is 8.74. The molecule has 1 atom stereocenters. The summed E-state index contributed by atoms with van der Waals surface area (Å²) in [5.74, 6) is -0.959. The Morgan fingerprint density at radius 1 is 0.714 bits per heavy atom. The number of carbonyl (C=O) groups is 1. The Balaban J connectivity index is 0.000000241. The third-order valence-electron chi connectivity index (χ3n) is 6.32. The van der Waals surface area contributed by atoms with E-state index >= 15 is 0 Å². The van der Waals surface area contributed by atoms with E-state index in [9.17, 15) is 4.79 Å². The molecule has 182 valence electrons. The Morgan fingerprint density at radius 3 is 1.43 bits per heavy atom. The van der Waals surface area contributed by atoms with Gasteiger partial charge in [-0.2, -0.15) is 0 Å². The van der Waals surface area contributed by atoms with Crippen molar-refractivity contribution in [2.24, 2.45) is 5.73 Å². The van der Waals surface area contributed by atoms with Gasteiger partial charge < -0.3 is 10.8 Å². The van der Waals surface area contributed by atoms with E-state index in [1.807, 2.05) is 30.3 Å². The van der Waals surface area contributed by atoms with Crippen LogP contribution in [0.2, 0.25) is 0 Å². The molecule has 0 bridgehead atoms. The van der Waals surface area contributed by atoms with Gasteiger partial charge in [-0.1, -0.05) is 30.3 Å². The van der Waals surface area contributed by atoms with Gasteiger partial charge in [-0.3, -0.25) is 4.79 Å². The first-order valence-electron chi connectivity index (χ1n) is 12.3. The monoisotopic (exact) mass is 485 g/mol. The minimum Gasteiger partial charge on any atom is -0.480 e. The van der Waals surface area contributed by atoms with E-state index in [0.29, 0.717) is 6.42 Å². The van der Waals surface area contributed by atoms with Gasteiger partial charge in [-0.05, 0) is 12.0 Å². The molecule has 3 nitrogen and oxygen atoms in total. The minimum absolute atomic E-state index is 0.385. The smallest absolute Gasteiger partial charge is 0.320 e. The molecule has 0 aliphatic carbocycles. The summed E-state index contributed by atoms with van der Waals surface area (Å²) < 4.78 is 0. The molecular weight excluding hydrogens is 449 g/mol. The van der Waals surface area contributed by atoms with Crippen molar-refractivity contribution >= 4 is 29.1 Å². The number of nitrogens with two attached hydrogens (primary N) is 1. The van der Waals surface area contributed by atoms with Crippen molar-refractivity contribution in [2.45, 2.75) is 32.2 Å². The van der Waals surface area contributed by atoms with Crippen LogP contribution in [0.15, 0.2) is 121 Å². The number of hydrogen-bond donors (Lipinski definition) is 2. The van der Waals surface area contributed by atoms with Gasteiger partial charge >= 0.3 is 146 Å². The molecule has 0 heterocycles. The van der Waals surface area contributed by atoms with Gasteiger partial charge in [-0.15, -0.1) is 0 Å². The topological polar surface area (TPSA) is 63.3 Å². The zero-order chi connectivity index (χ0) is 24.9. The molecule has 0 saturated carbocycles. The van der Waals surface area contributed by atoms with Gasteiger partial charge in [0.1, 0.15) is 6.04 Å². The first-order valence-corrected chi connectivity index (χ1v) is 14.5. The van der Waals surface area contributed by atoms with Gasteiger partial charge in [0, 0.05) is 0 Å². The van der Waals surface area contributed by atoms with E-state index in [4.69, 9.17) is 10.8 Å². The van der Waals surface area contributed by atoms with E-state index in [2.05, 4.69) is 97.9 Å². The molecule has 4 rings (SSSR count). The van der Waals surface area contributed by atoms with Crippen molar-refractivity contribution in [1.82, 2.24) is 0 Å². The molecule has 0 radical (unpaired) electrons. The SMILES string of the molecule is CCCC[PH](c1ccccc1)(c1ccccc1)c1ccccc1.NC(Cc1ccccc1)C(=O)O. The van der Waals surface area contributed by atoms with Gasteiger partial charge in [0.25, 0.3) is 0 Å². The third kappa shape index (κ3) is 7.11. The molecule has 4 heteroatoms. The molecule has 35 heavy (non-hydrogen) atoms. The minimum atomic E-state index is -1.94. The normalized spacial score (nSPS) is 12.2. The number of hydrogen-bond acceptors (Lipinski definition) is 2. The summed E-state index contributed by atoms with van der Waals surface area (Å²) in [6.07, 6.45) is 4.16. The second kappa shape index (κ2) is 13.6. The van der Waals surface area contributed by atoms with Crippen LogP contribution in [0.4, 0.5) is 0 Å². The molecule has 4 aromatic rings. The molecular formula is C31H36NO2P. The van der Waals surface area contributed by atoms with Gasteiger partial charge in [-0.25, -0.2) is 0 Å². The van der Waals surface area contributed by atoms with E-state index in [-0.39, 0.29) is 0 Å². The maximum absolute atomic E-state index is 10.4. The molecule has 0 amide bonds. The van der Waals surface area contributed by atoms with Crippen molar-refractivity contribution in [2.75, 3.05) is 6.16 Å². The van der Waals surface area contributed by atoms with E-state index in [0.717, 1.165) is 5.56 Å². The zero-order valence-corrected chi connectivity index (χ0v) is 21.4. The average Bonchev–Trinajstić information content (AvgIpc) is 2.92. The molecule has 0 fully saturated rings. The Kier molecular flexibility index (Phi) is 10.2. The fourth-order valence-electron chi connectivity index (χ4n) is 4.50. The number of benzene rings is 4. The van der Waals surface area contributed by atoms with E-state index in [1.165, 1.54) is 34.9 Å². The fourth-order valence-corrected chi connectivity index (χ4v) is 9.53. The average molecular weight is 486 g/mol. The van der Waals surface area contributed by atoms with Crippen LogP contribution in [-0.4, -0.2) is 23.3 Å². The summed E-state index contributed by atoms with van der Waals surface area (Å²) >= 11 is 0. The van der Waals surface area contributed by atoms with Crippen molar-refractivity contribution < 1.29 is 9.90 Å². The third-order valence-corrected chi connectivity index (χ3v) is 11.4.